The van der Waals surface area contributed by atoms with Gasteiger partial charge in [0.05, 0.1) is 0 Å². The first kappa shape index (κ1) is 19.4. The largest absolute Gasteiger partial charge is 0.482 e. The Morgan fingerprint density at radius 1 is 1.14 bits per heavy atom. The van der Waals surface area contributed by atoms with E-state index in [1.165, 1.54) is 0 Å². The standard InChI is InChI=1S/C20H17ClN2O5/c1-13-10-17(23-28-13)22-20(25)19(14-6-3-2-4-7-14)27-18(24)12-26-16-9-5-8-15(21)11-16/h2-11,19H,12H2,1H3,(H,22,23,25). The van der Waals surface area contributed by atoms with Crippen LogP contribution >= 0.6 is 11.6 Å². The summed E-state index contributed by atoms with van der Waals surface area (Å²) in [6.45, 7) is 1.32. The number of anilines is 1. The van der Waals surface area contributed by atoms with Gasteiger partial charge in [0.1, 0.15) is 11.5 Å². The van der Waals surface area contributed by atoms with Crippen molar-refractivity contribution in [2.45, 2.75) is 13.0 Å². The molecule has 8 heteroatoms. The molecule has 1 atom stereocenters. The Kier molecular flexibility index (Phi) is 6.29. The van der Waals surface area contributed by atoms with Gasteiger partial charge in [-0.3, -0.25) is 4.79 Å². The molecule has 144 valence electrons. The molecule has 1 heterocycles. The molecule has 0 aliphatic carbocycles. The molecule has 0 radical (unpaired) electrons. The zero-order valence-corrected chi connectivity index (χ0v) is 15.7. The third-order valence-corrected chi connectivity index (χ3v) is 3.86. The molecule has 3 rings (SSSR count). The first-order chi connectivity index (χ1) is 13.5. The van der Waals surface area contributed by atoms with Crippen LogP contribution in [-0.2, 0) is 14.3 Å². The normalized spacial score (nSPS) is 11.5. The van der Waals surface area contributed by atoms with Crippen LogP contribution in [-0.4, -0.2) is 23.6 Å². The van der Waals surface area contributed by atoms with Crippen LogP contribution in [0.3, 0.4) is 0 Å². The molecule has 0 spiro atoms. The van der Waals surface area contributed by atoms with Crippen LogP contribution in [0.15, 0.2) is 65.2 Å². The molecular formula is C20H17ClN2O5. The van der Waals surface area contributed by atoms with Crippen molar-refractivity contribution in [2.75, 3.05) is 11.9 Å². The SMILES string of the molecule is Cc1cc(NC(=O)C(OC(=O)COc2cccc(Cl)c2)c2ccccc2)no1. The van der Waals surface area contributed by atoms with E-state index in [9.17, 15) is 9.59 Å². The molecule has 0 bridgehead atoms. The summed E-state index contributed by atoms with van der Waals surface area (Å²) in [5.41, 5.74) is 0.510. The minimum atomic E-state index is -1.17. The third-order valence-electron chi connectivity index (χ3n) is 3.62. The fourth-order valence-electron chi connectivity index (χ4n) is 2.38. The lowest BCUT2D eigenvalue weighted by atomic mass is 10.1. The number of hydrogen-bond donors (Lipinski definition) is 1. The van der Waals surface area contributed by atoms with Crippen LogP contribution in [0.1, 0.15) is 17.4 Å². The van der Waals surface area contributed by atoms with Crippen molar-refractivity contribution in [2.24, 2.45) is 0 Å². The topological polar surface area (TPSA) is 90.7 Å². The average molecular weight is 401 g/mol. The van der Waals surface area contributed by atoms with Crippen LogP contribution in [0.25, 0.3) is 0 Å². The maximum absolute atomic E-state index is 12.6. The van der Waals surface area contributed by atoms with Crippen molar-refractivity contribution in [3.63, 3.8) is 0 Å². The quantitative estimate of drug-likeness (QED) is 0.604. The lowest BCUT2D eigenvalue weighted by Crippen LogP contribution is -2.28. The number of amides is 1. The van der Waals surface area contributed by atoms with Gasteiger partial charge in [-0.05, 0) is 25.1 Å². The lowest BCUT2D eigenvalue weighted by Gasteiger charge is -2.17. The minimum absolute atomic E-state index is 0.231. The van der Waals surface area contributed by atoms with Crippen molar-refractivity contribution in [1.29, 1.82) is 0 Å². The molecule has 0 saturated carbocycles. The molecule has 1 N–H and O–H groups in total. The molecule has 7 nitrogen and oxygen atoms in total. The number of carbonyl (C=O) groups excluding carboxylic acids is 2. The number of aromatic nitrogens is 1. The summed E-state index contributed by atoms with van der Waals surface area (Å²) in [4.78, 5) is 24.9. The molecule has 0 fully saturated rings. The summed E-state index contributed by atoms with van der Waals surface area (Å²) >= 11 is 5.88. The molecular weight excluding hydrogens is 384 g/mol. The Bertz CT molecular complexity index is 958. The Labute approximate surface area is 166 Å². The average Bonchev–Trinajstić information content (AvgIpc) is 3.09. The lowest BCUT2D eigenvalue weighted by molar-refractivity contribution is -0.156. The van der Waals surface area contributed by atoms with Crippen LogP contribution in [0, 0.1) is 6.92 Å². The second-order valence-electron chi connectivity index (χ2n) is 5.84. The Morgan fingerprint density at radius 2 is 1.93 bits per heavy atom. The molecule has 0 aliphatic heterocycles. The van der Waals surface area contributed by atoms with Crippen molar-refractivity contribution in [3.05, 3.63) is 77.0 Å². The van der Waals surface area contributed by atoms with Gasteiger partial charge in [0.15, 0.2) is 12.4 Å². The summed E-state index contributed by atoms with van der Waals surface area (Å²) in [6, 6.07) is 16.8. The van der Waals surface area contributed by atoms with Crippen molar-refractivity contribution >= 4 is 29.3 Å². The fraction of sp³-hybridized carbons (Fsp3) is 0.150. The number of nitrogens with one attached hydrogen (secondary N) is 1. The van der Waals surface area contributed by atoms with Gasteiger partial charge in [-0.2, -0.15) is 0 Å². The first-order valence-corrected chi connectivity index (χ1v) is 8.76. The number of halogens is 1. The number of carbonyl (C=O) groups is 2. The molecule has 1 amide bonds. The number of esters is 1. The van der Waals surface area contributed by atoms with E-state index in [1.807, 2.05) is 0 Å². The van der Waals surface area contributed by atoms with Crippen molar-refractivity contribution in [1.82, 2.24) is 5.16 Å². The number of rotatable bonds is 7. The van der Waals surface area contributed by atoms with Gasteiger partial charge >= 0.3 is 5.97 Å². The third kappa shape index (κ3) is 5.34. The zero-order chi connectivity index (χ0) is 19.9. The van der Waals surface area contributed by atoms with E-state index in [-0.39, 0.29) is 12.4 Å². The van der Waals surface area contributed by atoms with E-state index in [2.05, 4.69) is 10.5 Å². The number of hydrogen-bond acceptors (Lipinski definition) is 6. The second kappa shape index (κ2) is 9.05. The zero-order valence-electron chi connectivity index (χ0n) is 14.9. The first-order valence-electron chi connectivity index (χ1n) is 8.38. The Balaban J connectivity index is 1.68. The van der Waals surface area contributed by atoms with Gasteiger partial charge in [0.25, 0.3) is 5.91 Å². The summed E-state index contributed by atoms with van der Waals surface area (Å²) in [5, 5.41) is 6.76. The molecule has 2 aromatic carbocycles. The minimum Gasteiger partial charge on any atom is -0.482 e. The highest BCUT2D eigenvalue weighted by Gasteiger charge is 2.26. The number of nitrogens with zero attached hydrogens (tertiary/aromatic N) is 1. The summed E-state index contributed by atoms with van der Waals surface area (Å²) in [5.74, 6) is -0.0766. The van der Waals surface area contributed by atoms with E-state index < -0.39 is 18.0 Å². The summed E-state index contributed by atoms with van der Waals surface area (Å²) < 4.78 is 15.7. The second-order valence-corrected chi connectivity index (χ2v) is 6.28. The van der Waals surface area contributed by atoms with Gasteiger partial charge in [-0.15, -0.1) is 0 Å². The van der Waals surface area contributed by atoms with Crippen LogP contribution in [0.2, 0.25) is 5.02 Å². The smallest absolute Gasteiger partial charge is 0.345 e. The van der Waals surface area contributed by atoms with Gasteiger partial charge in [0.2, 0.25) is 6.10 Å². The van der Waals surface area contributed by atoms with Crippen molar-refractivity contribution < 1.29 is 23.6 Å². The maximum atomic E-state index is 12.6. The summed E-state index contributed by atoms with van der Waals surface area (Å²) in [6.07, 6.45) is -1.17. The molecule has 0 saturated heterocycles. The number of aryl methyl sites for hydroxylation is 1. The fourth-order valence-corrected chi connectivity index (χ4v) is 2.56. The Hall–Kier alpha value is -3.32. The molecule has 3 aromatic rings. The highest BCUT2D eigenvalue weighted by atomic mass is 35.5. The number of ether oxygens (including phenoxy) is 2. The maximum Gasteiger partial charge on any atom is 0.345 e. The molecule has 0 aliphatic rings. The van der Waals surface area contributed by atoms with Gasteiger partial charge in [-0.25, -0.2) is 4.79 Å². The van der Waals surface area contributed by atoms with Gasteiger partial charge in [0, 0.05) is 16.7 Å². The molecule has 1 aromatic heterocycles. The predicted molar refractivity (Wildman–Crippen MR) is 102 cm³/mol. The van der Waals surface area contributed by atoms with E-state index in [4.69, 9.17) is 25.6 Å². The summed E-state index contributed by atoms with van der Waals surface area (Å²) in [7, 11) is 0. The highest BCUT2D eigenvalue weighted by molar-refractivity contribution is 6.30. The van der Waals surface area contributed by atoms with E-state index in [0.29, 0.717) is 22.1 Å². The Morgan fingerprint density at radius 3 is 2.61 bits per heavy atom. The van der Waals surface area contributed by atoms with Crippen LogP contribution < -0.4 is 10.1 Å². The van der Waals surface area contributed by atoms with E-state index in [1.54, 1.807) is 67.6 Å². The van der Waals surface area contributed by atoms with Gasteiger partial charge < -0.3 is 19.3 Å². The van der Waals surface area contributed by atoms with Crippen LogP contribution in [0.4, 0.5) is 5.82 Å². The van der Waals surface area contributed by atoms with Crippen molar-refractivity contribution in [3.8, 4) is 5.75 Å². The number of benzene rings is 2. The molecule has 1 unspecified atom stereocenters. The van der Waals surface area contributed by atoms with Crippen LogP contribution in [0.5, 0.6) is 5.75 Å². The van der Waals surface area contributed by atoms with E-state index in [0.717, 1.165) is 0 Å². The highest BCUT2D eigenvalue weighted by Crippen LogP contribution is 2.21. The monoisotopic (exact) mass is 400 g/mol. The van der Waals surface area contributed by atoms with E-state index >= 15 is 0 Å². The molecule has 28 heavy (non-hydrogen) atoms. The predicted octanol–water partition coefficient (Wildman–Crippen LogP) is 3.94. The van der Waals surface area contributed by atoms with Gasteiger partial charge in [-0.1, -0.05) is 53.2 Å².